The highest BCUT2D eigenvalue weighted by atomic mass is 15.2. The maximum absolute atomic E-state index is 10.7. The van der Waals surface area contributed by atoms with Gasteiger partial charge in [0.05, 0.1) is 61.1 Å². The first-order valence-corrected chi connectivity index (χ1v) is 17.6. The Kier molecular flexibility index (Phi) is 4.36. The lowest BCUT2D eigenvalue weighted by molar-refractivity contribution is 0.953. The van der Waals surface area contributed by atoms with Crippen molar-refractivity contribution >= 4 is 43.6 Å². The van der Waals surface area contributed by atoms with Crippen LogP contribution in [0.3, 0.4) is 0 Å². The second kappa shape index (κ2) is 13.6. The van der Waals surface area contributed by atoms with Gasteiger partial charge in [-0.3, -0.25) is 4.57 Å². The number of rotatable bonds is 6. The molecule has 0 amide bonds. The first kappa shape index (κ1) is 18.7. The van der Waals surface area contributed by atoms with E-state index in [1.54, 1.807) is 72.8 Å². The van der Waals surface area contributed by atoms with Crippen LogP contribution in [-0.4, -0.2) is 24.1 Å². The van der Waals surface area contributed by atoms with Gasteiger partial charge < -0.3 is 4.57 Å². The van der Waals surface area contributed by atoms with E-state index in [9.17, 15) is 17.6 Å². The number of hydrogen-bond donors (Lipinski definition) is 0. The SMILES string of the molecule is [2H]c1ccc(-c2ccc(-c3nc(-c4ccccc4)nc(-n4c5c([2H])c([2H])c([2H])c([2H])c5c5c([2H])c([2H])c6c7c([2H])c([2H])c([2H])c([2H])c7n(-c7c([2H])c([2H])c([2H])c(-c8c([2H])c([2H])c([2H])c([2H])c8[2H])c7[2H])c6c54)n3)c(C#N)c2)cc1. The van der Waals surface area contributed by atoms with Crippen molar-refractivity contribution in [1.82, 2.24) is 24.1 Å². The van der Waals surface area contributed by atoms with Crippen LogP contribution >= 0.6 is 0 Å². The van der Waals surface area contributed by atoms with Crippen LogP contribution in [0.5, 0.6) is 0 Å². The molecular formula is C52H32N6. The minimum Gasteiger partial charge on any atom is -0.307 e. The summed E-state index contributed by atoms with van der Waals surface area (Å²) in [6.45, 7) is 0. The Morgan fingerprint density at radius 3 is 1.84 bits per heavy atom. The Morgan fingerprint density at radius 1 is 0.466 bits per heavy atom. The molecule has 3 aromatic heterocycles. The molecule has 11 rings (SSSR count). The molecule has 270 valence electrons. The summed E-state index contributed by atoms with van der Waals surface area (Å²) in [6.07, 6.45) is 0. The molecule has 0 atom stereocenters. The Bertz CT molecular complexity index is 4540. The summed E-state index contributed by atoms with van der Waals surface area (Å²) in [7, 11) is 0. The molecule has 11 aromatic rings. The number of nitriles is 1. The molecule has 0 saturated heterocycles. The Balaban J connectivity index is 1.41. The molecule has 8 aromatic carbocycles. The number of aromatic nitrogens is 5. The van der Waals surface area contributed by atoms with E-state index in [0.29, 0.717) is 16.7 Å². The molecule has 0 N–H and O–H groups in total. The summed E-state index contributed by atoms with van der Waals surface area (Å²) in [5, 5.41) is 9.02. The van der Waals surface area contributed by atoms with E-state index in [0.717, 1.165) is 9.13 Å². The third-order valence-electron chi connectivity index (χ3n) is 9.61. The summed E-state index contributed by atoms with van der Waals surface area (Å²) in [5.41, 5.74) is -2.19. The molecule has 6 heteroatoms. The van der Waals surface area contributed by atoms with Crippen molar-refractivity contribution in [3.63, 3.8) is 0 Å². The quantitative estimate of drug-likeness (QED) is 0.169. The van der Waals surface area contributed by atoms with Crippen molar-refractivity contribution in [2.75, 3.05) is 0 Å². The highest BCUT2D eigenvalue weighted by molar-refractivity contribution is 6.23. The molecule has 6 nitrogen and oxygen atoms in total. The first-order valence-electron chi connectivity index (χ1n) is 27.6. The summed E-state index contributed by atoms with van der Waals surface area (Å²) in [6, 6.07) is 6.41. The minimum absolute atomic E-state index is 0.0555. The summed E-state index contributed by atoms with van der Waals surface area (Å²) in [4.78, 5) is 14.6. The number of nitrogens with zero attached hydrogens (tertiary/aromatic N) is 6. The van der Waals surface area contributed by atoms with Gasteiger partial charge in [-0.05, 0) is 58.6 Å². The topological polar surface area (TPSA) is 72.3 Å². The molecule has 0 fully saturated rings. The molecule has 0 radical (unpaired) electrons. The number of para-hydroxylation sites is 2. The van der Waals surface area contributed by atoms with Gasteiger partial charge >= 0.3 is 0 Å². The van der Waals surface area contributed by atoms with Crippen molar-refractivity contribution in [2.24, 2.45) is 0 Å². The zero-order valence-electron chi connectivity index (χ0n) is 49.6. The van der Waals surface area contributed by atoms with Crippen molar-refractivity contribution in [3.8, 4) is 62.7 Å². The van der Waals surface area contributed by atoms with Crippen LogP contribution < -0.4 is 0 Å². The molecule has 3 heterocycles. The first-order chi connectivity index (χ1) is 37.0. The van der Waals surface area contributed by atoms with Crippen LogP contribution in [0.4, 0.5) is 0 Å². The van der Waals surface area contributed by atoms with Gasteiger partial charge in [0.25, 0.3) is 0 Å². The van der Waals surface area contributed by atoms with E-state index >= 15 is 0 Å². The smallest absolute Gasteiger partial charge is 0.238 e. The van der Waals surface area contributed by atoms with Gasteiger partial charge in [0.1, 0.15) is 0 Å². The van der Waals surface area contributed by atoms with Crippen LogP contribution in [0.15, 0.2) is 194 Å². The van der Waals surface area contributed by atoms with Crippen LogP contribution in [0, 0.1) is 11.3 Å². The molecule has 0 aliphatic carbocycles. The van der Waals surface area contributed by atoms with Gasteiger partial charge in [-0.2, -0.15) is 15.2 Å². The van der Waals surface area contributed by atoms with Crippen molar-refractivity contribution < 1.29 is 27.4 Å². The van der Waals surface area contributed by atoms with Crippen LogP contribution in [0.1, 0.15) is 33.0 Å². The highest BCUT2D eigenvalue weighted by Crippen LogP contribution is 2.42. The molecule has 0 aliphatic heterocycles. The zero-order chi connectivity index (χ0) is 56.0. The van der Waals surface area contributed by atoms with Crippen molar-refractivity contribution in [2.45, 2.75) is 0 Å². The fraction of sp³-hybridized carbons (Fsp3) is 0. The fourth-order valence-corrected chi connectivity index (χ4v) is 7.07. The van der Waals surface area contributed by atoms with E-state index in [1.807, 2.05) is 0 Å². The molecule has 0 unspecified atom stereocenters. The van der Waals surface area contributed by atoms with Gasteiger partial charge in [0.2, 0.25) is 5.95 Å². The summed E-state index contributed by atoms with van der Waals surface area (Å²) in [5.74, 6) is -0.661. The van der Waals surface area contributed by atoms with E-state index in [4.69, 9.17) is 30.0 Å². The molecule has 0 saturated carbocycles. The van der Waals surface area contributed by atoms with Crippen molar-refractivity contribution in [1.29, 1.82) is 5.26 Å². The monoisotopic (exact) mass is 760 g/mol. The average molecular weight is 761 g/mol. The second-order valence-corrected chi connectivity index (χ2v) is 12.8. The Hall–Kier alpha value is -8.14. The van der Waals surface area contributed by atoms with Gasteiger partial charge in [-0.1, -0.05) is 157 Å². The molecule has 58 heavy (non-hydrogen) atoms. The van der Waals surface area contributed by atoms with E-state index < -0.39 is 176 Å². The Morgan fingerprint density at radius 2 is 1.10 bits per heavy atom. The standard InChI is InChI=1S/C52H32N6/c53-33-39-31-38(35-17-6-2-7-18-35)27-28-41(39)51-54-50(36-19-8-3-9-20-36)55-52(56-51)58-47-26-13-11-24-43(47)45-30-29-44-42-23-10-12-25-46(42)57(48(44)49(45)58)40-22-14-21-37(32-40)34-15-4-1-5-16-34/h1-32H/i1D,2D,4D,5D,10D,11D,12D,13D,14D,15D,16D,21D,22D,23D,24D,25D,26D,29D,30D,32D. The summed E-state index contributed by atoms with van der Waals surface area (Å²) < 4.78 is 183. The van der Waals surface area contributed by atoms with E-state index in [1.165, 1.54) is 0 Å². The van der Waals surface area contributed by atoms with E-state index in [2.05, 4.69) is 6.07 Å². The van der Waals surface area contributed by atoms with Gasteiger partial charge in [0.15, 0.2) is 11.6 Å². The minimum atomic E-state index is -0.972. The maximum atomic E-state index is 10.7. The lowest BCUT2D eigenvalue weighted by Gasteiger charge is -2.14. The van der Waals surface area contributed by atoms with Crippen LogP contribution in [0.25, 0.3) is 100 Å². The summed E-state index contributed by atoms with van der Waals surface area (Å²) >= 11 is 0. The molecule has 0 aliphatic rings. The third-order valence-corrected chi connectivity index (χ3v) is 9.61. The van der Waals surface area contributed by atoms with Crippen LogP contribution in [-0.2, 0) is 0 Å². The van der Waals surface area contributed by atoms with Gasteiger partial charge in [-0.15, -0.1) is 0 Å². The average Bonchev–Trinajstić information content (AvgIpc) is 3.84. The van der Waals surface area contributed by atoms with Gasteiger partial charge in [-0.25, -0.2) is 4.98 Å². The van der Waals surface area contributed by atoms with Gasteiger partial charge in [0, 0.05) is 38.4 Å². The fourth-order valence-electron chi connectivity index (χ4n) is 7.07. The maximum Gasteiger partial charge on any atom is 0.238 e. The predicted octanol–water partition coefficient (Wildman–Crippen LogP) is 12.6. The predicted molar refractivity (Wildman–Crippen MR) is 235 cm³/mol. The highest BCUT2D eigenvalue weighted by Gasteiger charge is 2.24. The lowest BCUT2D eigenvalue weighted by atomic mass is 9.99. The normalized spacial score (nSPS) is 16.3. The molecule has 0 spiro atoms. The lowest BCUT2D eigenvalue weighted by Crippen LogP contribution is -2.07. The largest absolute Gasteiger partial charge is 0.307 e. The number of fused-ring (bicyclic) bond motifs is 7. The molecular weight excluding hydrogens is 709 g/mol. The number of benzene rings is 8. The second-order valence-electron chi connectivity index (χ2n) is 12.8. The van der Waals surface area contributed by atoms with Crippen LogP contribution in [0.2, 0.25) is 0 Å². The Labute approximate surface area is 362 Å². The zero-order valence-corrected chi connectivity index (χ0v) is 29.6. The van der Waals surface area contributed by atoms with E-state index in [-0.39, 0.29) is 34.2 Å². The number of hydrogen-bond acceptors (Lipinski definition) is 4. The third kappa shape index (κ3) is 5.37. The molecule has 0 bridgehead atoms. The van der Waals surface area contributed by atoms with Crippen molar-refractivity contribution in [3.05, 3.63) is 199 Å².